The van der Waals surface area contributed by atoms with E-state index in [4.69, 9.17) is 28.3 Å². The number of benzene rings is 1. The fourth-order valence-corrected chi connectivity index (χ4v) is 3.57. The predicted molar refractivity (Wildman–Crippen MR) is 79.6 cm³/mol. The molecule has 3 atom stereocenters. The second-order valence-corrected chi connectivity index (χ2v) is 6.63. The summed E-state index contributed by atoms with van der Waals surface area (Å²) in [4.78, 5) is 25.0. The van der Waals surface area contributed by atoms with E-state index in [9.17, 15) is 9.59 Å². The van der Waals surface area contributed by atoms with Gasteiger partial charge in [-0.15, -0.1) is 0 Å². The molecule has 0 bridgehead atoms. The van der Waals surface area contributed by atoms with Gasteiger partial charge in [-0.2, -0.15) is 0 Å². The van der Waals surface area contributed by atoms with E-state index in [1.54, 1.807) is 11.0 Å². The lowest BCUT2D eigenvalue weighted by atomic mass is 10.1. The number of halogens is 2. The third-order valence-corrected chi connectivity index (χ3v) is 4.71. The van der Waals surface area contributed by atoms with Gasteiger partial charge in [-0.25, -0.2) is 0 Å². The molecule has 3 rings (SSSR count). The second kappa shape index (κ2) is 5.50. The van der Waals surface area contributed by atoms with Crippen molar-refractivity contribution in [3.8, 4) is 0 Å². The molecule has 1 aromatic rings. The van der Waals surface area contributed by atoms with Crippen molar-refractivity contribution in [1.82, 2.24) is 4.90 Å². The fourth-order valence-electron chi connectivity index (χ4n) is 3.02. The van der Waals surface area contributed by atoms with E-state index in [1.807, 2.05) is 12.1 Å². The molecule has 1 aliphatic heterocycles. The van der Waals surface area contributed by atoms with Gasteiger partial charge < -0.3 is 10.0 Å². The van der Waals surface area contributed by atoms with Gasteiger partial charge in [0, 0.05) is 29.1 Å². The number of carboxylic acid groups (broad SMARTS) is 1. The molecule has 21 heavy (non-hydrogen) atoms. The first-order chi connectivity index (χ1) is 9.95. The molecule has 1 saturated heterocycles. The summed E-state index contributed by atoms with van der Waals surface area (Å²) in [6.07, 6.45) is 1.32. The van der Waals surface area contributed by atoms with Crippen LogP contribution in [0, 0.1) is 11.8 Å². The molecule has 0 radical (unpaired) electrons. The molecule has 6 heteroatoms. The summed E-state index contributed by atoms with van der Waals surface area (Å²) in [5, 5.41) is 10.1. The summed E-state index contributed by atoms with van der Waals surface area (Å²) in [5.74, 6) is -1.10. The van der Waals surface area contributed by atoms with Crippen LogP contribution >= 0.6 is 23.2 Å². The van der Waals surface area contributed by atoms with Crippen molar-refractivity contribution >= 4 is 35.1 Å². The molecule has 3 unspecified atom stereocenters. The Morgan fingerprint density at radius 1 is 1.19 bits per heavy atom. The Hall–Kier alpha value is -1.26. The number of carbonyl (C=O) groups is 2. The van der Waals surface area contributed by atoms with E-state index in [-0.39, 0.29) is 17.7 Å². The maximum atomic E-state index is 12.4. The van der Waals surface area contributed by atoms with Crippen LogP contribution in [0.25, 0.3) is 0 Å². The van der Waals surface area contributed by atoms with Crippen molar-refractivity contribution in [2.75, 3.05) is 13.1 Å². The molecule has 1 amide bonds. The summed E-state index contributed by atoms with van der Waals surface area (Å²) in [6.45, 7) is 0.864. The standard InChI is InChI=1S/C15H15Cl2NO3/c16-10-3-9(4-11(17)5-10)12-6-13(12)14(19)18-2-1-8(7-18)15(20)21/h3-5,8,12-13H,1-2,6-7H2,(H,20,21). The second-order valence-electron chi connectivity index (χ2n) is 5.76. The smallest absolute Gasteiger partial charge is 0.308 e. The number of likely N-dealkylation sites (tertiary alicyclic amines) is 1. The highest BCUT2D eigenvalue weighted by atomic mass is 35.5. The number of hydrogen-bond acceptors (Lipinski definition) is 2. The number of rotatable bonds is 3. The molecule has 1 aliphatic carbocycles. The maximum Gasteiger partial charge on any atom is 0.308 e. The van der Waals surface area contributed by atoms with Gasteiger partial charge in [0.15, 0.2) is 0 Å². The van der Waals surface area contributed by atoms with E-state index in [0.29, 0.717) is 29.6 Å². The van der Waals surface area contributed by atoms with Gasteiger partial charge in [-0.05, 0) is 42.5 Å². The molecule has 112 valence electrons. The molecule has 1 saturated carbocycles. The van der Waals surface area contributed by atoms with Gasteiger partial charge in [0.25, 0.3) is 0 Å². The molecule has 2 aliphatic rings. The summed E-state index contributed by atoms with van der Waals surface area (Å²) in [5.41, 5.74) is 0.986. The van der Waals surface area contributed by atoms with Gasteiger partial charge in [0.1, 0.15) is 0 Å². The molecule has 1 heterocycles. The predicted octanol–water partition coefficient (Wildman–Crippen LogP) is 3.03. The van der Waals surface area contributed by atoms with E-state index in [2.05, 4.69) is 0 Å². The lowest BCUT2D eigenvalue weighted by molar-refractivity contribution is -0.141. The molecular weight excluding hydrogens is 313 g/mol. The van der Waals surface area contributed by atoms with Crippen molar-refractivity contribution in [2.45, 2.75) is 18.8 Å². The Kier molecular flexibility index (Phi) is 3.84. The van der Waals surface area contributed by atoms with Crippen LogP contribution in [-0.2, 0) is 9.59 Å². The highest BCUT2D eigenvalue weighted by Gasteiger charge is 2.47. The van der Waals surface area contributed by atoms with E-state index in [0.717, 1.165) is 12.0 Å². The number of hydrogen-bond donors (Lipinski definition) is 1. The lowest BCUT2D eigenvalue weighted by Crippen LogP contribution is -2.31. The van der Waals surface area contributed by atoms with Crippen LogP contribution in [0.4, 0.5) is 0 Å². The minimum Gasteiger partial charge on any atom is -0.481 e. The Morgan fingerprint density at radius 3 is 2.43 bits per heavy atom. The number of carboxylic acids is 1. The first-order valence-corrected chi connectivity index (χ1v) is 7.69. The van der Waals surface area contributed by atoms with Crippen LogP contribution in [0.3, 0.4) is 0 Å². The quantitative estimate of drug-likeness (QED) is 0.928. The van der Waals surface area contributed by atoms with Gasteiger partial charge in [0.2, 0.25) is 5.91 Å². The molecule has 4 nitrogen and oxygen atoms in total. The molecule has 1 N–H and O–H groups in total. The zero-order chi connectivity index (χ0) is 15.1. The highest BCUT2D eigenvalue weighted by molar-refractivity contribution is 6.34. The van der Waals surface area contributed by atoms with E-state index < -0.39 is 11.9 Å². The highest BCUT2D eigenvalue weighted by Crippen LogP contribution is 2.49. The lowest BCUT2D eigenvalue weighted by Gasteiger charge is -2.15. The average molecular weight is 328 g/mol. The average Bonchev–Trinajstić information content (AvgIpc) is 3.05. The molecule has 0 aromatic heterocycles. The molecule has 1 aromatic carbocycles. The zero-order valence-corrected chi connectivity index (χ0v) is 12.8. The summed E-state index contributed by atoms with van der Waals surface area (Å²) in [6, 6.07) is 5.36. The maximum absolute atomic E-state index is 12.4. The monoisotopic (exact) mass is 327 g/mol. The van der Waals surface area contributed by atoms with Gasteiger partial charge in [-0.3, -0.25) is 9.59 Å². The first kappa shape index (κ1) is 14.7. The molecular formula is C15H15Cl2NO3. The Morgan fingerprint density at radius 2 is 1.86 bits per heavy atom. The van der Waals surface area contributed by atoms with Crippen molar-refractivity contribution in [2.24, 2.45) is 11.8 Å². The normalized spacial score (nSPS) is 27.7. The number of carbonyl (C=O) groups excluding carboxylic acids is 1. The largest absolute Gasteiger partial charge is 0.481 e. The van der Waals surface area contributed by atoms with E-state index in [1.165, 1.54) is 0 Å². The number of aliphatic carboxylic acids is 1. The SMILES string of the molecule is O=C(O)C1CCN(C(=O)C2CC2c2cc(Cl)cc(Cl)c2)C1. The zero-order valence-electron chi connectivity index (χ0n) is 11.3. The van der Waals surface area contributed by atoms with Crippen molar-refractivity contribution < 1.29 is 14.7 Å². The Labute approximate surface area is 132 Å². The summed E-state index contributed by atoms with van der Waals surface area (Å²) in [7, 11) is 0. The summed E-state index contributed by atoms with van der Waals surface area (Å²) >= 11 is 12.0. The summed E-state index contributed by atoms with van der Waals surface area (Å²) < 4.78 is 0. The number of nitrogens with zero attached hydrogens (tertiary/aromatic N) is 1. The number of amides is 1. The van der Waals surface area contributed by atoms with Crippen LogP contribution in [0.2, 0.25) is 10.0 Å². The van der Waals surface area contributed by atoms with Gasteiger partial charge in [-0.1, -0.05) is 23.2 Å². The van der Waals surface area contributed by atoms with Crippen LogP contribution in [-0.4, -0.2) is 35.0 Å². The van der Waals surface area contributed by atoms with Crippen molar-refractivity contribution in [3.05, 3.63) is 33.8 Å². The molecule has 0 spiro atoms. The minimum absolute atomic E-state index is 0.0554. The van der Waals surface area contributed by atoms with Crippen molar-refractivity contribution in [1.29, 1.82) is 0 Å². The minimum atomic E-state index is -0.820. The first-order valence-electron chi connectivity index (χ1n) is 6.93. The van der Waals surface area contributed by atoms with Crippen LogP contribution in [0.1, 0.15) is 24.3 Å². The molecule has 2 fully saturated rings. The van der Waals surface area contributed by atoms with Crippen molar-refractivity contribution in [3.63, 3.8) is 0 Å². The van der Waals surface area contributed by atoms with Gasteiger partial charge in [0.05, 0.1) is 5.92 Å². The third kappa shape index (κ3) is 3.01. The Balaban J connectivity index is 1.65. The van der Waals surface area contributed by atoms with Gasteiger partial charge >= 0.3 is 5.97 Å². The van der Waals surface area contributed by atoms with Crippen LogP contribution < -0.4 is 0 Å². The van der Waals surface area contributed by atoms with Crippen LogP contribution in [0.5, 0.6) is 0 Å². The van der Waals surface area contributed by atoms with E-state index >= 15 is 0 Å². The topological polar surface area (TPSA) is 57.6 Å². The third-order valence-electron chi connectivity index (χ3n) is 4.27. The van der Waals surface area contributed by atoms with Crippen LogP contribution in [0.15, 0.2) is 18.2 Å². The Bertz CT molecular complexity index is 584. The fraction of sp³-hybridized carbons (Fsp3) is 0.467.